The van der Waals surface area contributed by atoms with Gasteiger partial charge in [-0.3, -0.25) is 0 Å². The van der Waals surface area contributed by atoms with Gasteiger partial charge in [-0.15, -0.1) is 0 Å². The summed E-state index contributed by atoms with van der Waals surface area (Å²) in [6, 6.07) is 8.75. The summed E-state index contributed by atoms with van der Waals surface area (Å²) in [6.07, 6.45) is 15.5. The van der Waals surface area contributed by atoms with Crippen molar-refractivity contribution in [3.63, 3.8) is 0 Å². The van der Waals surface area contributed by atoms with Crippen molar-refractivity contribution in [2.24, 2.45) is 5.92 Å². The summed E-state index contributed by atoms with van der Waals surface area (Å²) < 4.78 is 5.84. The van der Waals surface area contributed by atoms with Crippen LogP contribution >= 0.6 is 0 Å². The Labute approximate surface area is 143 Å². The van der Waals surface area contributed by atoms with Crippen LogP contribution in [0.25, 0.3) is 5.57 Å². The number of allylic oxidation sites excluding steroid dienone is 2. The van der Waals surface area contributed by atoms with Crippen molar-refractivity contribution in [3.05, 3.63) is 35.9 Å². The molecule has 0 saturated carbocycles. The van der Waals surface area contributed by atoms with Crippen molar-refractivity contribution in [1.82, 2.24) is 0 Å². The maximum absolute atomic E-state index is 5.84. The summed E-state index contributed by atoms with van der Waals surface area (Å²) in [5.74, 6) is 1.94. The Morgan fingerprint density at radius 3 is 2.39 bits per heavy atom. The molecule has 0 spiro atoms. The molecule has 0 N–H and O–H groups in total. The molecule has 23 heavy (non-hydrogen) atoms. The minimum Gasteiger partial charge on any atom is -0.494 e. The molecular weight excluding hydrogens is 280 g/mol. The zero-order valence-electron chi connectivity index (χ0n) is 15.2. The zero-order chi connectivity index (χ0) is 16.3. The van der Waals surface area contributed by atoms with Gasteiger partial charge in [0.05, 0.1) is 6.61 Å². The molecule has 0 aromatic heterocycles. The molecule has 1 aromatic rings. The number of hydrogen-bond acceptors (Lipinski definition) is 1. The fourth-order valence-corrected chi connectivity index (χ4v) is 3.39. The quantitative estimate of drug-likeness (QED) is 0.422. The molecule has 1 unspecified atom stereocenters. The van der Waals surface area contributed by atoms with E-state index in [1.54, 1.807) is 0 Å². The standard InChI is InChI=1S/C22H34O/c1-3-5-7-8-18-23-22-16-14-21(15-17-22)20-12-10-19(11-13-20)9-6-4-2/h12,14-17,19H,3-11,13,18H2,1-2H3. The highest BCUT2D eigenvalue weighted by Gasteiger charge is 2.14. The van der Waals surface area contributed by atoms with E-state index in [2.05, 4.69) is 44.2 Å². The first-order valence-corrected chi connectivity index (χ1v) is 9.75. The summed E-state index contributed by atoms with van der Waals surface area (Å²) in [7, 11) is 0. The van der Waals surface area contributed by atoms with Crippen molar-refractivity contribution < 1.29 is 4.74 Å². The van der Waals surface area contributed by atoms with Crippen LogP contribution in [-0.2, 0) is 0 Å². The third kappa shape index (κ3) is 6.41. The molecule has 1 aromatic carbocycles. The first-order valence-electron chi connectivity index (χ1n) is 9.75. The van der Waals surface area contributed by atoms with Gasteiger partial charge in [-0.2, -0.15) is 0 Å². The Kier molecular flexibility index (Phi) is 8.28. The number of benzene rings is 1. The molecule has 1 aliphatic carbocycles. The first-order chi connectivity index (χ1) is 11.3. The van der Waals surface area contributed by atoms with Gasteiger partial charge in [0, 0.05) is 0 Å². The fraction of sp³-hybridized carbons (Fsp3) is 0.636. The lowest BCUT2D eigenvalue weighted by atomic mass is 9.84. The van der Waals surface area contributed by atoms with Gasteiger partial charge >= 0.3 is 0 Å². The van der Waals surface area contributed by atoms with Crippen LogP contribution in [0.2, 0.25) is 0 Å². The molecule has 0 fully saturated rings. The summed E-state index contributed by atoms with van der Waals surface area (Å²) >= 11 is 0. The summed E-state index contributed by atoms with van der Waals surface area (Å²) in [6.45, 7) is 5.38. The van der Waals surface area contributed by atoms with Crippen molar-refractivity contribution in [1.29, 1.82) is 0 Å². The zero-order valence-corrected chi connectivity index (χ0v) is 15.2. The average molecular weight is 315 g/mol. The van der Waals surface area contributed by atoms with Crippen LogP contribution in [0.4, 0.5) is 0 Å². The van der Waals surface area contributed by atoms with Gasteiger partial charge in [-0.1, -0.05) is 70.6 Å². The second-order valence-electron chi connectivity index (χ2n) is 6.95. The summed E-state index contributed by atoms with van der Waals surface area (Å²) in [5.41, 5.74) is 2.92. The van der Waals surface area contributed by atoms with E-state index < -0.39 is 0 Å². The Bertz CT molecular complexity index is 457. The largest absolute Gasteiger partial charge is 0.494 e. The molecule has 1 heteroatoms. The second-order valence-corrected chi connectivity index (χ2v) is 6.95. The van der Waals surface area contributed by atoms with E-state index in [0.29, 0.717) is 0 Å². The van der Waals surface area contributed by atoms with Gasteiger partial charge in [0.2, 0.25) is 0 Å². The third-order valence-electron chi connectivity index (χ3n) is 4.98. The molecule has 1 atom stereocenters. The van der Waals surface area contributed by atoms with Crippen LogP contribution in [-0.4, -0.2) is 6.61 Å². The normalized spacial score (nSPS) is 17.8. The van der Waals surface area contributed by atoms with Crippen molar-refractivity contribution >= 4 is 5.57 Å². The van der Waals surface area contributed by atoms with Crippen molar-refractivity contribution in [3.8, 4) is 5.75 Å². The predicted octanol–water partition coefficient (Wildman–Crippen LogP) is 7.02. The monoisotopic (exact) mass is 314 g/mol. The lowest BCUT2D eigenvalue weighted by Gasteiger charge is -2.22. The van der Waals surface area contributed by atoms with Crippen LogP contribution < -0.4 is 4.74 Å². The van der Waals surface area contributed by atoms with E-state index in [4.69, 9.17) is 4.74 Å². The Balaban J connectivity index is 1.77. The Hall–Kier alpha value is -1.24. The smallest absolute Gasteiger partial charge is 0.119 e. The molecule has 0 amide bonds. The number of hydrogen-bond donors (Lipinski definition) is 0. The number of ether oxygens (including phenoxy) is 1. The molecule has 1 nitrogen and oxygen atoms in total. The van der Waals surface area contributed by atoms with E-state index in [0.717, 1.165) is 18.3 Å². The van der Waals surface area contributed by atoms with E-state index >= 15 is 0 Å². The molecular formula is C22H34O. The highest BCUT2D eigenvalue weighted by atomic mass is 16.5. The Morgan fingerprint density at radius 2 is 1.74 bits per heavy atom. The van der Waals surface area contributed by atoms with Gasteiger partial charge in [-0.05, 0) is 54.9 Å². The van der Waals surface area contributed by atoms with E-state index in [1.165, 1.54) is 75.3 Å². The summed E-state index contributed by atoms with van der Waals surface area (Å²) in [4.78, 5) is 0. The molecule has 1 aliphatic rings. The lowest BCUT2D eigenvalue weighted by molar-refractivity contribution is 0.305. The summed E-state index contributed by atoms with van der Waals surface area (Å²) in [5, 5.41) is 0. The van der Waals surface area contributed by atoms with Gasteiger partial charge in [0.1, 0.15) is 5.75 Å². The predicted molar refractivity (Wildman–Crippen MR) is 101 cm³/mol. The SMILES string of the molecule is CCCCCCOc1ccc(C2=CCC(CCCC)CC2)cc1. The molecule has 0 radical (unpaired) electrons. The molecule has 0 saturated heterocycles. The average Bonchev–Trinajstić information content (AvgIpc) is 2.61. The maximum Gasteiger partial charge on any atom is 0.119 e. The van der Waals surface area contributed by atoms with Crippen molar-refractivity contribution in [2.45, 2.75) is 78.1 Å². The van der Waals surface area contributed by atoms with E-state index in [-0.39, 0.29) is 0 Å². The van der Waals surface area contributed by atoms with Crippen LogP contribution in [0.3, 0.4) is 0 Å². The van der Waals surface area contributed by atoms with E-state index in [1.807, 2.05) is 0 Å². The minimum atomic E-state index is 0.848. The van der Waals surface area contributed by atoms with Gasteiger partial charge in [0.15, 0.2) is 0 Å². The highest BCUT2D eigenvalue weighted by molar-refractivity contribution is 5.66. The topological polar surface area (TPSA) is 9.23 Å². The Morgan fingerprint density at radius 1 is 0.957 bits per heavy atom. The minimum absolute atomic E-state index is 0.848. The van der Waals surface area contributed by atoms with Crippen LogP contribution in [0.15, 0.2) is 30.3 Å². The molecule has 2 rings (SSSR count). The van der Waals surface area contributed by atoms with Crippen LogP contribution in [0, 0.1) is 5.92 Å². The number of rotatable bonds is 10. The van der Waals surface area contributed by atoms with Crippen LogP contribution in [0.5, 0.6) is 5.75 Å². The molecule has 128 valence electrons. The fourth-order valence-electron chi connectivity index (χ4n) is 3.39. The lowest BCUT2D eigenvalue weighted by Crippen LogP contribution is -2.05. The maximum atomic E-state index is 5.84. The number of unbranched alkanes of at least 4 members (excludes halogenated alkanes) is 4. The van der Waals surface area contributed by atoms with Gasteiger partial charge < -0.3 is 4.74 Å². The molecule has 0 heterocycles. The highest BCUT2D eigenvalue weighted by Crippen LogP contribution is 2.33. The van der Waals surface area contributed by atoms with E-state index in [9.17, 15) is 0 Å². The van der Waals surface area contributed by atoms with Crippen LogP contribution in [0.1, 0.15) is 83.6 Å². The third-order valence-corrected chi connectivity index (χ3v) is 4.98. The van der Waals surface area contributed by atoms with Gasteiger partial charge in [0.25, 0.3) is 0 Å². The van der Waals surface area contributed by atoms with Crippen molar-refractivity contribution in [2.75, 3.05) is 6.61 Å². The molecule has 0 bridgehead atoms. The second kappa shape index (κ2) is 10.5. The molecule has 0 aliphatic heterocycles. The first kappa shape index (κ1) is 18.1. The van der Waals surface area contributed by atoms with Gasteiger partial charge in [-0.25, -0.2) is 0 Å².